The topological polar surface area (TPSA) is 76.2 Å². The minimum Gasteiger partial charge on any atom is -0.477 e. The van der Waals surface area contributed by atoms with Gasteiger partial charge in [0.05, 0.1) is 5.69 Å². The summed E-state index contributed by atoms with van der Waals surface area (Å²) in [6.07, 6.45) is 0. The van der Waals surface area contributed by atoms with Gasteiger partial charge >= 0.3 is 5.97 Å². The van der Waals surface area contributed by atoms with E-state index in [1.54, 1.807) is 19.1 Å². The Morgan fingerprint density at radius 1 is 1.25 bits per heavy atom. The van der Waals surface area contributed by atoms with Crippen LogP contribution in [0.2, 0.25) is 0 Å². The number of nitrogens with zero attached hydrogens (tertiary/aromatic N) is 1. The summed E-state index contributed by atoms with van der Waals surface area (Å²) < 4.78 is 14.5. The number of anilines is 1. The molecule has 0 aliphatic carbocycles. The van der Waals surface area contributed by atoms with Gasteiger partial charge in [0.2, 0.25) is 0 Å². The Balaban J connectivity index is 1.99. The lowest BCUT2D eigenvalue weighted by Crippen LogP contribution is -2.05. The van der Waals surface area contributed by atoms with E-state index in [4.69, 9.17) is 5.73 Å². The molecule has 1 unspecified atom stereocenters. The van der Waals surface area contributed by atoms with Crippen molar-refractivity contribution in [2.75, 3.05) is 5.73 Å². The quantitative estimate of drug-likeness (QED) is 0.737. The third kappa shape index (κ3) is 3.00. The number of nitrogens with two attached hydrogens (primary N) is 1. The van der Waals surface area contributed by atoms with Crippen molar-refractivity contribution in [3.05, 3.63) is 70.5 Å². The van der Waals surface area contributed by atoms with Crippen molar-refractivity contribution in [3.63, 3.8) is 0 Å². The molecule has 0 spiro atoms. The molecule has 24 heavy (non-hydrogen) atoms. The predicted molar refractivity (Wildman–Crippen MR) is 92.8 cm³/mol. The van der Waals surface area contributed by atoms with E-state index in [1.807, 2.05) is 30.3 Å². The molecular weight excluding hydrogens is 327 g/mol. The first-order chi connectivity index (χ1) is 11.5. The molecule has 3 aromatic rings. The van der Waals surface area contributed by atoms with Crippen LogP contribution in [0.3, 0.4) is 0 Å². The van der Waals surface area contributed by atoms with Gasteiger partial charge in [-0.1, -0.05) is 60.7 Å². The van der Waals surface area contributed by atoms with Crippen LogP contribution >= 0.6 is 11.3 Å². The number of carbonyl (C=O) groups is 1. The fraction of sp³-hybridized carbons (Fsp3) is 0.111. The zero-order valence-electron chi connectivity index (χ0n) is 12.9. The summed E-state index contributed by atoms with van der Waals surface area (Å²) in [5, 5.41) is 9.45. The molecule has 122 valence electrons. The van der Waals surface area contributed by atoms with Crippen LogP contribution < -0.4 is 5.73 Å². The number of benzene rings is 2. The lowest BCUT2D eigenvalue weighted by atomic mass is 9.94. The zero-order valence-corrected chi connectivity index (χ0v) is 13.7. The van der Waals surface area contributed by atoms with Crippen molar-refractivity contribution in [1.29, 1.82) is 0 Å². The number of rotatable bonds is 4. The van der Waals surface area contributed by atoms with Crippen LogP contribution in [0.4, 0.5) is 9.52 Å². The van der Waals surface area contributed by atoms with Crippen LogP contribution in [0.5, 0.6) is 0 Å². The Bertz CT molecular complexity index is 893. The van der Waals surface area contributed by atoms with Crippen molar-refractivity contribution < 1.29 is 14.3 Å². The average molecular weight is 342 g/mol. The van der Waals surface area contributed by atoms with Crippen LogP contribution in [0, 0.1) is 5.82 Å². The monoisotopic (exact) mass is 342 g/mol. The molecule has 0 radical (unpaired) electrons. The molecule has 2 aromatic carbocycles. The van der Waals surface area contributed by atoms with E-state index in [0.29, 0.717) is 16.8 Å². The van der Waals surface area contributed by atoms with Crippen LogP contribution in [0.25, 0.3) is 11.1 Å². The molecule has 1 aromatic heterocycles. The first-order valence-corrected chi connectivity index (χ1v) is 8.13. The summed E-state index contributed by atoms with van der Waals surface area (Å²) in [5.41, 5.74) is 7.94. The predicted octanol–water partition coefficient (Wildman–Crippen LogP) is 4.38. The highest BCUT2D eigenvalue weighted by molar-refractivity contribution is 7.17. The van der Waals surface area contributed by atoms with Gasteiger partial charge in [0.25, 0.3) is 0 Å². The molecule has 3 rings (SSSR count). The van der Waals surface area contributed by atoms with E-state index in [9.17, 15) is 14.3 Å². The third-order valence-corrected chi connectivity index (χ3v) is 4.74. The molecule has 1 heterocycles. The third-order valence-electron chi connectivity index (χ3n) is 3.85. The second-order valence-electron chi connectivity index (χ2n) is 5.40. The van der Waals surface area contributed by atoms with E-state index in [2.05, 4.69) is 4.98 Å². The number of carboxylic acids is 1. The summed E-state index contributed by atoms with van der Waals surface area (Å²) in [6.45, 7) is 1.79. The van der Waals surface area contributed by atoms with Crippen molar-refractivity contribution in [3.8, 4) is 11.1 Å². The second kappa shape index (κ2) is 6.41. The first-order valence-electron chi connectivity index (χ1n) is 7.31. The molecule has 0 aliphatic rings. The van der Waals surface area contributed by atoms with Gasteiger partial charge in [-0.25, -0.2) is 14.2 Å². The Morgan fingerprint density at radius 2 is 1.96 bits per heavy atom. The zero-order chi connectivity index (χ0) is 17.3. The minimum absolute atomic E-state index is 0.0903. The van der Waals surface area contributed by atoms with Gasteiger partial charge in [-0.3, -0.25) is 0 Å². The molecule has 4 nitrogen and oxygen atoms in total. The van der Waals surface area contributed by atoms with Gasteiger partial charge in [0.1, 0.15) is 10.7 Å². The van der Waals surface area contributed by atoms with Gasteiger partial charge in [-0.05, 0) is 17.2 Å². The molecule has 1 atom stereocenters. The number of aromatic nitrogens is 1. The molecule has 0 amide bonds. The maximum Gasteiger partial charge on any atom is 0.347 e. The second-order valence-corrected chi connectivity index (χ2v) is 6.43. The molecule has 0 bridgehead atoms. The maximum absolute atomic E-state index is 14.5. The van der Waals surface area contributed by atoms with E-state index in [0.717, 1.165) is 16.9 Å². The van der Waals surface area contributed by atoms with E-state index >= 15 is 0 Å². The van der Waals surface area contributed by atoms with Crippen molar-refractivity contribution in [2.45, 2.75) is 12.8 Å². The summed E-state index contributed by atoms with van der Waals surface area (Å²) in [4.78, 5) is 15.5. The Morgan fingerprint density at radius 3 is 2.58 bits per heavy atom. The SMILES string of the molecule is CC(c1ccc(-c2ccccc2)c(F)c1)c1nc(N)sc1C(=O)O. The van der Waals surface area contributed by atoms with Gasteiger partial charge in [-0.2, -0.15) is 0 Å². The summed E-state index contributed by atoms with van der Waals surface area (Å²) in [6, 6.07) is 14.2. The van der Waals surface area contributed by atoms with Gasteiger partial charge in [0.15, 0.2) is 5.13 Å². The first kappa shape index (κ1) is 16.1. The van der Waals surface area contributed by atoms with E-state index in [-0.39, 0.29) is 21.7 Å². The number of thiazole rings is 1. The Labute approximate surface area is 142 Å². The number of halogens is 1. The molecule has 0 saturated heterocycles. The molecule has 0 aliphatic heterocycles. The van der Waals surface area contributed by atoms with Crippen molar-refractivity contribution >= 4 is 22.4 Å². The van der Waals surface area contributed by atoms with Gasteiger partial charge in [-0.15, -0.1) is 0 Å². The van der Waals surface area contributed by atoms with Crippen LogP contribution in [0.1, 0.15) is 33.8 Å². The van der Waals surface area contributed by atoms with Gasteiger partial charge in [0, 0.05) is 11.5 Å². The van der Waals surface area contributed by atoms with E-state index < -0.39 is 5.97 Å². The minimum atomic E-state index is -1.08. The normalized spacial score (nSPS) is 12.1. The Hall–Kier alpha value is -2.73. The number of carboxylic acid groups (broad SMARTS) is 1. The lowest BCUT2D eigenvalue weighted by molar-refractivity contribution is 0.0700. The summed E-state index contributed by atoms with van der Waals surface area (Å²) in [7, 11) is 0. The smallest absolute Gasteiger partial charge is 0.347 e. The number of aromatic carboxylic acids is 1. The van der Waals surface area contributed by atoms with E-state index in [1.165, 1.54) is 6.07 Å². The standard InChI is InChI=1S/C18H15FN2O2S/c1-10(15-16(17(22)23)24-18(20)21-15)12-7-8-13(14(19)9-12)11-5-3-2-4-6-11/h2-10H,1H3,(H2,20,21)(H,22,23). The Kier molecular flexibility index (Phi) is 4.31. The molecule has 3 N–H and O–H groups in total. The average Bonchev–Trinajstić information content (AvgIpc) is 2.97. The van der Waals surface area contributed by atoms with Crippen molar-refractivity contribution in [1.82, 2.24) is 4.98 Å². The summed E-state index contributed by atoms with van der Waals surface area (Å²) in [5.74, 6) is -1.80. The molecule has 6 heteroatoms. The number of hydrogen-bond donors (Lipinski definition) is 2. The highest BCUT2D eigenvalue weighted by Gasteiger charge is 2.23. The van der Waals surface area contributed by atoms with Crippen molar-refractivity contribution in [2.24, 2.45) is 0 Å². The lowest BCUT2D eigenvalue weighted by Gasteiger charge is -2.12. The fourth-order valence-electron chi connectivity index (χ4n) is 2.61. The highest BCUT2D eigenvalue weighted by atomic mass is 32.1. The highest BCUT2D eigenvalue weighted by Crippen LogP contribution is 2.33. The van der Waals surface area contributed by atoms with Crippen LogP contribution in [-0.4, -0.2) is 16.1 Å². The largest absolute Gasteiger partial charge is 0.477 e. The number of hydrogen-bond acceptors (Lipinski definition) is 4. The van der Waals surface area contributed by atoms with Gasteiger partial charge < -0.3 is 10.8 Å². The molecule has 0 saturated carbocycles. The fourth-order valence-corrected chi connectivity index (χ4v) is 3.37. The van der Waals surface area contributed by atoms with Crippen LogP contribution in [0.15, 0.2) is 48.5 Å². The molecule has 0 fully saturated rings. The summed E-state index contributed by atoms with van der Waals surface area (Å²) >= 11 is 0.923. The maximum atomic E-state index is 14.5. The van der Waals surface area contributed by atoms with Crippen LogP contribution in [-0.2, 0) is 0 Å². The number of nitrogen functional groups attached to an aromatic ring is 1. The molecular formula is C18H15FN2O2S.